The fraction of sp³-hybridized carbons (Fsp3) is 0.571. The zero-order valence-corrected chi connectivity index (χ0v) is 21.4. The van der Waals surface area contributed by atoms with Crippen LogP contribution in [-0.4, -0.2) is 9.85 Å². The van der Waals surface area contributed by atoms with Crippen LogP contribution in [0.4, 0.5) is 22.7 Å². The lowest BCUT2D eigenvalue weighted by Crippen LogP contribution is -2.05. The molecule has 35 heavy (non-hydrogen) atoms. The van der Waals surface area contributed by atoms with Gasteiger partial charge in [-0.2, -0.15) is 0 Å². The van der Waals surface area contributed by atoms with Crippen molar-refractivity contribution in [2.45, 2.75) is 104 Å². The highest BCUT2D eigenvalue weighted by molar-refractivity contribution is 5.72. The maximum absolute atomic E-state index is 11.7. The number of hydrogen-bond acceptors (Lipinski definition) is 5. The maximum atomic E-state index is 11.7. The molecule has 1 N–H and O–H groups in total. The first-order chi connectivity index (χ1) is 17.0. The number of benzene rings is 2. The van der Waals surface area contributed by atoms with Gasteiger partial charge >= 0.3 is 0 Å². The van der Waals surface area contributed by atoms with Crippen LogP contribution >= 0.6 is 0 Å². The van der Waals surface area contributed by atoms with Crippen molar-refractivity contribution < 1.29 is 9.85 Å². The second-order valence-corrected chi connectivity index (χ2v) is 9.28. The Bertz CT molecular complexity index is 870. The third kappa shape index (κ3) is 9.30. The fourth-order valence-corrected chi connectivity index (χ4v) is 4.56. The summed E-state index contributed by atoms with van der Waals surface area (Å²) in [6, 6.07) is 10.1. The monoisotopic (exact) mass is 483 g/mol. The number of nitrogens with zero attached hydrogens (tertiary/aromatic N) is 2. The molecule has 0 bridgehead atoms. The first-order valence-electron chi connectivity index (χ1n) is 13.3. The van der Waals surface area contributed by atoms with Gasteiger partial charge in [-0.05, 0) is 37.8 Å². The average Bonchev–Trinajstić information content (AvgIpc) is 2.84. The number of nitro groups is 2. The lowest BCUT2D eigenvalue weighted by atomic mass is 9.99. The molecule has 0 saturated carbocycles. The molecule has 7 nitrogen and oxygen atoms in total. The van der Waals surface area contributed by atoms with E-state index in [4.69, 9.17) is 0 Å². The molecule has 192 valence electrons. The summed E-state index contributed by atoms with van der Waals surface area (Å²) in [6.07, 6.45) is 14.5. The largest absolute Gasteiger partial charge is 0.355 e. The zero-order valence-electron chi connectivity index (χ0n) is 21.4. The summed E-state index contributed by atoms with van der Waals surface area (Å²) in [7, 11) is 0. The molecule has 0 atom stereocenters. The Morgan fingerprint density at radius 3 is 1.34 bits per heavy atom. The minimum absolute atomic E-state index is 0.103. The van der Waals surface area contributed by atoms with E-state index in [9.17, 15) is 20.2 Å². The van der Waals surface area contributed by atoms with E-state index in [1.54, 1.807) is 24.3 Å². The molecule has 2 aromatic carbocycles. The number of anilines is 2. The van der Waals surface area contributed by atoms with Gasteiger partial charge in [0.15, 0.2) is 0 Å². The van der Waals surface area contributed by atoms with E-state index in [0.29, 0.717) is 35.3 Å². The van der Waals surface area contributed by atoms with E-state index in [1.165, 1.54) is 38.5 Å². The Balaban J connectivity index is 2.23. The molecule has 0 saturated heterocycles. The van der Waals surface area contributed by atoms with Crippen LogP contribution < -0.4 is 5.32 Å². The topological polar surface area (TPSA) is 98.3 Å². The molecule has 7 heteroatoms. The van der Waals surface area contributed by atoms with E-state index in [2.05, 4.69) is 19.2 Å². The molecular weight excluding hydrogens is 442 g/mol. The van der Waals surface area contributed by atoms with E-state index in [0.717, 1.165) is 38.5 Å². The summed E-state index contributed by atoms with van der Waals surface area (Å²) in [4.78, 5) is 22.8. The summed E-state index contributed by atoms with van der Waals surface area (Å²) >= 11 is 0. The van der Waals surface area contributed by atoms with E-state index in [1.807, 2.05) is 12.1 Å². The van der Waals surface area contributed by atoms with Crippen molar-refractivity contribution in [3.63, 3.8) is 0 Å². The van der Waals surface area contributed by atoms with Crippen molar-refractivity contribution in [3.05, 3.63) is 67.8 Å². The van der Waals surface area contributed by atoms with Gasteiger partial charge in [0.2, 0.25) is 0 Å². The van der Waals surface area contributed by atoms with Crippen molar-refractivity contribution in [3.8, 4) is 0 Å². The Kier molecular flexibility index (Phi) is 12.8. The van der Waals surface area contributed by atoms with Gasteiger partial charge in [-0.15, -0.1) is 0 Å². The van der Waals surface area contributed by atoms with E-state index < -0.39 is 0 Å². The van der Waals surface area contributed by atoms with Crippen molar-refractivity contribution in [2.75, 3.05) is 5.32 Å². The highest BCUT2D eigenvalue weighted by Crippen LogP contribution is 2.35. The average molecular weight is 484 g/mol. The number of unbranched alkanes of at least 4 members (excludes halogenated alkanes) is 10. The molecule has 0 spiro atoms. The van der Waals surface area contributed by atoms with Gasteiger partial charge in [0.05, 0.1) is 21.0 Å². The molecular formula is C28H41N3O4. The number of hydrogen-bond donors (Lipinski definition) is 1. The van der Waals surface area contributed by atoms with Crippen LogP contribution in [0.3, 0.4) is 0 Å². The molecule has 0 amide bonds. The van der Waals surface area contributed by atoms with E-state index >= 15 is 0 Å². The first-order valence-corrected chi connectivity index (χ1v) is 13.3. The lowest BCUT2D eigenvalue weighted by molar-refractivity contribution is -0.385. The molecule has 2 aromatic rings. The summed E-state index contributed by atoms with van der Waals surface area (Å²) in [6.45, 7) is 4.36. The lowest BCUT2D eigenvalue weighted by Gasteiger charge is -2.16. The molecule has 0 aliphatic carbocycles. The van der Waals surface area contributed by atoms with Gasteiger partial charge in [0.25, 0.3) is 11.4 Å². The van der Waals surface area contributed by atoms with Crippen LogP contribution in [0.15, 0.2) is 36.4 Å². The van der Waals surface area contributed by atoms with Gasteiger partial charge in [-0.1, -0.05) is 90.2 Å². The third-order valence-electron chi connectivity index (χ3n) is 6.53. The van der Waals surface area contributed by atoms with Crippen molar-refractivity contribution in [1.29, 1.82) is 0 Å². The van der Waals surface area contributed by atoms with Crippen molar-refractivity contribution in [1.82, 2.24) is 0 Å². The Morgan fingerprint density at radius 1 is 0.600 bits per heavy atom. The second-order valence-electron chi connectivity index (χ2n) is 9.28. The van der Waals surface area contributed by atoms with Crippen LogP contribution in [0, 0.1) is 20.2 Å². The molecule has 0 aliphatic heterocycles. The van der Waals surface area contributed by atoms with Crippen LogP contribution in [0.25, 0.3) is 0 Å². The number of rotatable bonds is 18. The van der Waals surface area contributed by atoms with Gasteiger partial charge in [0, 0.05) is 23.5 Å². The summed E-state index contributed by atoms with van der Waals surface area (Å²) < 4.78 is 0. The van der Waals surface area contributed by atoms with Gasteiger partial charge in [-0.25, -0.2) is 0 Å². The standard InChI is InChI=1S/C28H41N3O4/c1-3-5-7-9-11-13-17-23-25(19-15-21-27(23)30(32)33)29-26-20-16-22-28(31(34)35)24(26)18-14-12-10-8-6-4-2/h15-16,19-22,29H,3-14,17-18H2,1-2H3. The first kappa shape index (κ1) is 28.3. The minimum atomic E-state index is -0.331. The zero-order chi connectivity index (χ0) is 25.5. The highest BCUT2D eigenvalue weighted by Gasteiger charge is 2.21. The van der Waals surface area contributed by atoms with Crippen LogP contribution in [0.1, 0.15) is 102 Å². The molecule has 0 fully saturated rings. The quantitative estimate of drug-likeness (QED) is 0.129. The van der Waals surface area contributed by atoms with Crippen LogP contribution in [-0.2, 0) is 12.8 Å². The van der Waals surface area contributed by atoms with Crippen LogP contribution in [0.2, 0.25) is 0 Å². The van der Waals surface area contributed by atoms with Crippen LogP contribution in [0.5, 0.6) is 0 Å². The van der Waals surface area contributed by atoms with Gasteiger partial charge in [0.1, 0.15) is 0 Å². The number of nitro benzene ring substituents is 2. The Labute approximate surface area is 209 Å². The Hall–Kier alpha value is -2.96. The summed E-state index contributed by atoms with van der Waals surface area (Å²) in [5.74, 6) is 0. The number of nitrogens with one attached hydrogen (secondary N) is 1. The molecule has 0 heterocycles. The third-order valence-corrected chi connectivity index (χ3v) is 6.53. The highest BCUT2D eigenvalue weighted by atomic mass is 16.6. The van der Waals surface area contributed by atoms with Gasteiger partial charge in [-0.3, -0.25) is 20.2 Å². The van der Waals surface area contributed by atoms with Crippen molar-refractivity contribution in [2.24, 2.45) is 0 Å². The molecule has 0 unspecified atom stereocenters. The predicted molar refractivity (Wildman–Crippen MR) is 144 cm³/mol. The molecule has 2 rings (SSSR count). The van der Waals surface area contributed by atoms with E-state index in [-0.39, 0.29) is 21.2 Å². The molecule has 0 aliphatic rings. The Morgan fingerprint density at radius 2 is 0.971 bits per heavy atom. The summed E-state index contributed by atoms with van der Waals surface area (Å²) in [5.41, 5.74) is 2.88. The predicted octanol–water partition coefficient (Wildman–Crippen LogP) is 9.05. The minimum Gasteiger partial charge on any atom is -0.355 e. The molecule has 0 radical (unpaired) electrons. The second kappa shape index (κ2) is 15.8. The summed E-state index contributed by atoms with van der Waals surface area (Å²) in [5, 5.41) is 26.8. The fourth-order valence-electron chi connectivity index (χ4n) is 4.56. The van der Waals surface area contributed by atoms with Gasteiger partial charge < -0.3 is 5.32 Å². The SMILES string of the molecule is CCCCCCCCc1c(Nc2cccc([N+](=O)[O-])c2CCCCCCCC)cccc1[N+](=O)[O-]. The normalized spacial score (nSPS) is 10.9. The molecule has 0 aromatic heterocycles. The maximum Gasteiger partial charge on any atom is 0.274 e. The smallest absolute Gasteiger partial charge is 0.274 e. The van der Waals surface area contributed by atoms with Crippen molar-refractivity contribution >= 4 is 22.7 Å².